The molecule has 0 N–H and O–H groups in total. The number of nitrogens with zero attached hydrogens (tertiary/aromatic N) is 4. The average molecular weight is 457 g/mol. The zero-order chi connectivity index (χ0) is 23.5. The Morgan fingerprint density at radius 2 is 1.59 bits per heavy atom. The van der Waals surface area contributed by atoms with Gasteiger partial charge in [-0.1, -0.05) is 24.3 Å². The first kappa shape index (κ1) is 21.8. The number of amides is 1. The summed E-state index contributed by atoms with van der Waals surface area (Å²) in [7, 11) is 0. The molecule has 1 amide bonds. The number of hydrogen-bond donors (Lipinski definition) is 0. The van der Waals surface area contributed by atoms with E-state index in [0.717, 1.165) is 22.3 Å². The molecule has 5 rings (SSSR count). The van der Waals surface area contributed by atoms with Gasteiger partial charge in [0.15, 0.2) is 6.10 Å². The quantitative estimate of drug-likeness (QED) is 0.441. The number of anilines is 1. The number of hydrogen-bond acceptors (Lipinski definition) is 5. The minimum Gasteiger partial charge on any atom is -0.481 e. The first-order chi connectivity index (χ1) is 16.6. The maximum Gasteiger partial charge on any atom is 0.263 e. The van der Waals surface area contributed by atoms with Crippen LogP contribution in [0.15, 0.2) is 79.0 Å². The van der Waals surface area contributed by atoms with Crippen molar-refractivity contribution in [3.63, 3.8) is 0 Å². The molecule has 1 fully saturated rings. The lowest BCUT2D eigenvalue weighted by Crippen LogP contribution is -2.52. The third-order valence-corrected chi connectivity index (χ3v) is 6.04. The van der Waals surface area contributed by atoms with E-state index in [9.17, 15) is 9.18 Å². The molecule has 0 spiro atoms. The van der Waals surface area contributed by atoms with E-state index >= 15 is 0 Å². The first-order valence-corrected chi connectivity index (χ1v) is 11.4. The number of piperazine rings is 1. The number of ether oxygens (including phenoxy) is 1. The minimum absolute atomic E-state index is 0.0716. The molecule has 0 aliphatic carbocycles. The normalized spacial score (nSPS) is 14.8. The monoisotopic (exact) mass is 456 g/mol. The third-order valence-electron chi connectivity index (χ3n) is 6.04. The summed E-state index contributed by atoms with van der Waals surface area (Å²) in [4.78, 5) is 25.8. The summed E-state index contributed by atoms with van der Waals surface area (Å²) in [6.45, 7) is 3.98. The molecule has 0 unspecified atom stereocenters. The summed E-state index contributed by atoms with van der Waals surface area (Å²) in [6, 6.07) is 22.0. The number of benzene rings is 3. The molecular weight excluding hydrogens is 431 g/mol. The van der Waals surface area contributed by atoms with Crippen molar-refractivity contribution in [1.29, 1.82) is 0 Å². The zero-order valence-corrected chi connectivity index (χ0v) is 18.9. The van der Waals surface area contributed by atoms with Gasteiger partial charge in [-0.3, -0.25) is 9.78 Å². The Kier molecular flexibility index (Phi) is 6.08. The van der Waals surface area contributed by atoms with Gasteiger partial charge >= 0.3 is 0 Å². The van der Waals surface area contributed by atoms with Crippen LogP contribution in [0.3, 0.4) is 0 Å². The molecule has 0 radical (unpaired) electrons. The second kappa shape index (κ2) is 9.47. The molecule has 4 aromatic rings. The van der Waals surface area contributed by atoms with Gasteiger partial charge in [-0.25, -0.2) is 9.37 Å². The third kappa shape index (κ3) is 4.55. The predicted molar refractivity (Wildman–Crippen MR) is 130 cm³/mol. The lowest BCUT2D eigenvalue weighted by molar-refractivity contribution is -0.138. The van der Waals surface area contributed by atoms with E-state index in [-0.39, 0.29) is 11.7 Å². The fraction of sp³-hybridized carbons (Fsp3) is 0.222. The Morgan fingerprint density at radius 1 is 0.912 bits per heavy atom. The number of carbonyl (C=O) groups excluding carboxylic acids is 1. The van der Waals surface area contributed by atoms with Gasteiger partial charge in [0.1, 0.15) is 11.6 Å². The molecule has 7 heteroatoms. The molecular formula is C27H25FN4O2. The Bertz CT molecular complexity index is 1300. The fourth-order valence-corrected chi connectivity index (χ4v) is 4.19. The molecule has 1 aliphatic rings. The highest BCUT2D eigenvalue weighted by Crippen LogP contribution is 2.24. The molecule has 34 heavy (non-hydrogen) atoms. The summed E-state index contributed by atoms with van der Waals surface area (Å²) in [6.07, 6.45) is 1.14. The lowest BCUT2D eigenvalue weighted by Gasteiger charge is -2.37. The first-order valence-electron chi connectivity index (χ1n) is 11.4. The van der Waals surface area contributed by atoms with Gasteiger partial charge < -0.3 is 14.5 Å². The van der Waals surface area contributed by atoms with Crippen LogP contribution in [0.5, 0.6) is 5.75 Å². The van der Waals surface area contributed by atoms with Crippen LogP contribution in [0.2, 0.25) is 0 Å². The van der Waals surface area contributed by atoms with Crippen LogP contribution in [0.25, 0.3) is 22.3 Å². The van der Waals surface area contributed by atoms with Gasteiger partial charge in [0.25, 0.3) is 5.91 Å². The minimum atomic E-state index is -0.619. The van der Waals surface area contributed by atoms with E-state index in [0.29, 0.717) is 37.6 Å². The maximum absolute atomic E-state index is 14.1. The standard InChI is InChI=1S/C27H25FN4O2/c1-19(27(33)32-16-14-31(15-17-32)26-9-5-2-6-22(26)28)34-21-12-10-20(11-13-21)25-18-29-23-7-3-4-8-24(23)30-25/h2-13,18-19H,14-17H2,1H3/t19-/m1/s1. The number of carbonyl (C=O) groups is 1. The Balaban J connectivity index is 1.19. The number of para-hydroxylation sites is 3. The maximum atomic E-state index is 14.1. The number of aromatic nitrogens is 2. The van der Waals surface area contributed by atoms with Crippen molar-refractivity contribution in [3.05, 3.63) is 84.8 Å². The van der Waals surface area contributed by atoms with Crippen LogP contribution in [0, 0.1) is 5.82 Å². The second-order valence-electron chi connectivity index (χ2n) is 8.29. The van der Waals surface area contributed by atoms with Crippen molar-refractivity contribution in [3.8, 4) is 17.0 Å². The van der Waals surface area contributed by atoms with E-state index in [1.54, 1.807) is 30.2 Å². The van der Waals surface area contributed by atoms with Crippen molar-refractivity contribution in [2.75, 3.05) is 31.1 Å². The van der Waals surface area contributed by atoms with E-state index < -0.39 is 6.10 Å². The SMILES string of the molecule is C[C@@H](Oc1ccc(-c2cnc3ccccc3n2)cc1)C(=O)N1CCN(c2ccccc2F)CC1. The summed E-state index contributed by atoms with van der Waals surface area (Å²) < 4.78 is 20.0. The average Bonchev–Trinajstić information content (AvgIpc) is 2.89. The lowest BCUT2D eigenvalue weighted by atomic mass is 10.1. The van der Waals surface area contributed by atoms with Crippen molar-refractivity contribution in [2.45, 2.75) is 13.0 Å². The Morgan fingerprint density at radius 3 is 2.32 bits per heavy atom. The predicted octanol–water partition coefficient (Wildman–Crippen LogP) is 4.55. The van der Waals surface area contributed by atoms with Gasteiger partial charge in [-0.2, -0.15) is 0 Å². The molecule has 2 heterocycles. The van der Waals surface area contributed by atoms with Crippen LogP contribution in [-0.2, 0) is 4.79 Å². The van der Waals surface area contributed by atoms with E-state index in [1.165, 1.54) is 6.07 Å². The molecule has 3 aromatic carbocycles. The van der Waals surface area contributed by atoms with Crippen LogP contribution < -0.4 is 9.64 Å². The Hall–Kier alpha value is -4.00. The largest absolute Gasteiger partial charge is 0.481 e. The summed E-state index contributed by atoms with van der Waals surface area (Å²) in [5, 5.41) is 0. The molecule has 1 saturated heterocycles. The fourth-order valence-electron chi connectivity index (χ4n) is 4.19. The van der Waals surface area contributed by atoms with Crippen LogP contribution >= 0.6 is 0 Å². The van der Waals surface area contributed by atoms with E-state index in [2.05, 4.69) is 9.97 Å². The Labute approximate surface area is 197 Å². The van der Waals surface area contributed by atoms with Crippen molar-refractivity contribution >= 4 is 22.6 Å². The zero-order valence-electron chi connectivity index (χ0n) is 18.9. The molecule has 172 valence electrons. The van der Waals surface area contributed by atoms with Gasteiger partial charge in [0.2, 0.25) is 0 Å². The number of fused-ring (bicyclic) bond motifs is 1. The van der Waals surface area contributed by atoms with Crippen LogP contribution in [-0.4, -0.2) is 53.1 Å². The smallest absolute Gasteiger partial charge is 0.263 e. The highest BCUT2D eigenvalue weighted by molar-refractivity contribution is 5.81. The van der Waals surface area contributed by atoms with Gasteiger partial charge in [-0.15, -0.1) is 0 Å². The van der Waals surface area contributed by atoms with Crippen molar-refractivity contribution < 1.29 is 13.9 Å². The van der Waals surface area contributed by atoms with Crippen molar-refractivity contribution in [2.24, 2.45) is 0 Å². The van der Waals surface area contributed by atoms with E-state index in [1.807, 2.05) is 59.5 Å². The summed E-state index contributed by atoms with van der Waals surface area (Å²) in [5.41, 5.74) is 3.98. The topological polar surface area (TPSA) is 58.6 Å². The van der Waals surface area contributed by atoms with Gasteiger partial charge in [0.05, 0.1) is 28.6 Å². The molecule has 6 nitrogen and oxygen atoms in total. The number of rotatable bonds is 5. The van der Waals surface area contributed by atoms with Gasteiger partial charge in [-0.05, 0) is 55.5 Å². The molecule has 1 aromatic heterocycles. The molecule has 1 atom stereocenters. The molecule has 0 saturated carbocycles. The van der Waals surface area contributed by atoms with Crippen molar-refractivity contribution in [1.82, 2.24) is 14.9 Å². The number of halogens is 1. The second-order valence-corrected chi connectivity index (χ2v) is 8.29. The molecule has 1 aliphatic heterocycles. The summed E-state index contributed by atoms with van der Waals surface area (Å²) in [5.74, 6) is 0.304. The van der Waals surface area contributed by atoms with E-state index in [4.69, 9.17) is 4.74 Å². The summed E-state index contributed by atoms with van der Waals surface area (Å²) >= 11 is 0. The van der Waals surface area contributed by atoms with Gasteiger partial charge in [0, 0.05) is 31.7 Å². The van der Waals surface area contributed by atoms with Crippen LogP contribution in [0.4, 0.5) is 10.1 Å². The highest BCUT2D eigenvalue weighted by Gasteiger charge is 2.27. The molecule has 0 bridgehead atoms. The highest BCUT2D eigenvalue weighted by atomic mass is 19.1. The van der Waals surface area contributed by atoms with Crippen LogP contribution in [0.1, 0.15) is 6.92 Å².